The van der Waals surface area contributed by atoms with Crippen molar-refractivity contribution in [3.63, 3.8) is 0 Å². The van der Waals surface area contributed by atoms with Crippen molar-refractivity contribution in [2.75, 3.05) is 5.73 Å². The maximum absolute atomic E-state index is 5.81. The highest BCUT2D eigenvalue weighted by molar-refractivity contribution is 7.08. The van der Waals surface area contributed by atoms with Crippen molar-refractivity contribution in [1.29, 1.82) is 0 Å². The fraction of sp³-hybridized carbons (Fsp3) is 0.333. The van der Waals surface area contributed by atoms with Gasteiger partial charge in [-0.1, -0.05) is 13.8 Å². The molecule has 0 aliphatic rings. The largest absolute Gasteiger partial charge is 0.384 e. The third kappa shape index (κ3) is 2.07. The number of hydrogen-bond acceptors (Lipinski definition) is 4. The molecule has 0 fully saturated rings. The second-order valence-corrected chi connectivity index (χ2v) is 4.91. The van der Waals surface area contributed by atoms with E-state index in [9.17, 15) is 0 Å². The van der Waals surface area contributed by atoms with Crippen molar-refractivity contribution >= 4 is 17.2 Å². The monoisotopic (exact) mass is 233 g/mol. The van der Waals surface area contributed by atoms with Crippen LogP contribution in [0.1, 0.15) is 31.0 Å². The lowest BCUT2D eigenvalue weighted by Gasteiger charge is -2.07. The first-order valence-corrected chi connectivity index (χ1v) is 6.20. The van der Waals surface area contributed by atoms with Crippen LogP contribution in [0.5, 0.6) is 0 Å². The second-order valence-electron chi connectivity index (χ2n) is 4.16. The molecule has 0 aliphatic carbocycles. The molecule has 0 saturated heterocycles. The van der Waals surface area contributed by atoms with Gasteiger partial charge in [-0.05, 0) is 23.8 Å². The van der Waals surface area contributed by atoms with Crippen molar-refractivity contribution in [3.05, 3.63) is 28.1 Å². The van der Waals surface area contributed by atoms with Crippen molar-refractivity contribution in [2.24, 2.45) is 0 Å². The van der Waals surface area contributed by atoms with E-state index in [0.717, 1.165) is 17.1 Å². The van der Waals surface area contributed by atoms with Crippen LogP contribution in [0.2, 0.25) is 0 Å². The topological polar surface area (TPSA) is 51.8 Å². The number of nitrogens with two attached hydrogens (primary N) is 1. The Labute approximate surface area is 99.4 Å². The Morgan fingerprint density at radius 1 is 1.25 bits per heavy atom. The van der Waals surface area contributed by atoms with Crippen molar-refractivity contribution in [1.82, 2.24) is 9.97 Å². The number of rotatable bonds is 2. The van der Waals surface area contributed by atoms with Crippen LogP contribution in [0.25, 0.3) is 11.4 Å². The van der Waals surface area contributed by atoms with Gasteiger partial charge < -0.3 is 5.73 Å². The van der Waals surface area contributed by atoms with Crippen molar-refractivity contribution in [2.45, 2.75) is 26.7 Å². The van der Waals surface area contributed by atoms with E-state index in [1.54, 1.807) is 11.3 Å². The number of nitrogens with zero attached hydrogens (tertiary/aromatic N) is 2. The molecule has 4 heteroatoms. The molecule has 0 unspecified atom stereocenters. The van der Waals surface area contributed by atoms with Crippen LogP contribution in [0.15, 0.2) is 16.8 Å². The SMILES string of the molecule is Cc1cscc1-c1nc(N)cc(C(C)C)n1. The first kappa shape index (κ1) is 11.1. The van der Waals surface area contributed by atoms with Crippen LogP contribution in [0.4, 0.5) is 5.82 Å². The predicted octanol–water partition coefficient (Wildman–Crippen LogP) is 3.22. The Morgan fingerprint density at radius 2 is 2.00 bits per heavy atom. The summed E-state index contributed by atoms with van der Waals surface area (Å²) in [6, 6.07) is 1.84. The molecule has 0 radical (unpaired) electrons. The summed E-state index contributed by atoms with van der Waals surface area (Å²) in [5.74, 6) is 1.64. The summed E-state index contributed by atoms with van der Waals surface area (Å²) in [7, 11) is 0. The van der Waals surface area contributed by atoms with E-state index < -0.39 is 0 Å². The Hall–Kier alpha value is -1.42. The van der Waals surface area contributed by atoms with Gasteiger partial charge in [0.25, 0.3) is 0 Å². The van der Waals surface area contributed by atoms with Gasteiger partial charge in [0.2, 0.25) is 0 Å². The van der Waals surface area contributed by atoms with E-state index >= 15 is 0 Å². The summed E-state index contributed by atoms with van der Waals surface area (Å²) in [4.78, 5) is 8.84. The van der Waals surface area contributed by atoms with Crippen LogP contribution < -0.4 is 5.73 Å². The van der Waals surface area contributed by atoms with Gasteiger partial charge in [-0.15, -0.1) is 0 Å². The number of hydrogen-bond donors (Lipinski definition) is 1. The Bertz CT molecular complexity index is 503. The summed E-state index contributed by atoms with van der Waals surface area (Å²) < 4.78 is 0. The van der Waals surface area contributed by atoms with Crippen LogP contribution in [0, 0.1) is 6.92 Å². The summed E-state index contributed by atoms with van der Waals surface area (Å²) in [5.41, 5.74) is 9.08. The van der Waals surface area contributed by atoms with Gasteiger partial charge >= 0.3 is 0 Å². The lowest BCUT2D eigenvalue weighted by molar-refractivity contribution is 0.818. The summed E-state index contributed by atoms with van der Waals surface area (Å²) >= 11 is 1.66. The molecule has 0 amide bonds. The zero-order valence-corrected chi connectivity index (χ0v) is 10.5. The molecule has 2 N–H and O–H groups in total. The highest BCUT2D eigenvalue weighted by Crippen LogP contribution is 2.26. The molecule has 16 heavy (non-hydrogen) atoms. The molecular formula is C12H15N3S. The molecular weight excluding hydrogens is 218 g/mol. The van der Waals surface area contributed by atoms with Gasteiger partial charge in [0.15, 0.2) is 5.82 Å². The summed E-state index contributed by atoms with van der Waals surface area (Å²) in [6.07, 6.45) is 0. The molecule has 2 rings (SSSR count). The molecule has 0 spiro atoms. The Kier molecular flexibility index (Phi) is 2.92. The quantitative estimate of drug-likeness (QED) is 0.866. The minimum Gasteiger partial charge on any atom is -0.384 e. The zero-order valence-electron chi connectivity index (χ0n) is 9.69. The van der Waals surface area contributed by atoms with Crippen LogP contribution >= 0.6 is 11.3 Å². The molecule has 0 atom stereocenters. The fourth-order valence-corrected chi connectivity index (χ4v) is 2.32. The molecule has 2 aromatic rings. The highest BCUT2D eigenvalue weighted by Gasteiger charge is 2.10. The van der Waals surface area contributed by atoms with Crippen LogP contribution in [0.3, 0.4) is 0 Å². The molecule has 0 aliphatic heterocycles. The number of aryl methyl sites for hydroxylation is 1. The number of nitrogen functional groups attached to an aromatic ring is 1. The summed E-state index contributed by atoms with van der Waals surface area (Å²) in [6.45, 7) is 6.27. The number of thiophene rings is 1. The smallest absolute Gasteiger partial charge is 0.162 e. The van der Waals surface area contributed by atoms with E-state index in [1.165, 1.54) is 5.56 Å². The van der Waals surface area contributed by atoms with E-state index in [4.69, 9.17) is 5.73 Å². The lowest BCUT2D eigenvalue weighted by atomic mass is 10.1. The van der Waals surface area contributed by atoms with Gasteiger partial charge in [0.05, 0.1) is 0 Å². The van der Waals surface area contributed by atoms with E-state index in [2.05, 4.69) is 41.5 Å². The Morgan fingerprint density at radius 3 is 2.56 bits per heavy atom. The lowest BCUT2D eigenvalue weighted by Crippen LogP contribution is -2.01. The fourth-order valence-electron chi connectivity index (χ4n) is 1.49. The molecule has 2 heterocycles. The Balaban J connectivity index is 2.54. The van der Waals surface area contributed by atoms with Crippen LogP contribution in [-0.4, -0.2) is 9.97 Å². The van der Waals surface area contributed by atoms with Gasteiger partial charge in [-0.3, -0.25) is 0 Å². The molecule has 2 aromatic heterocycles. The molecule has 84 valence electrons. The summed E-state index contributed by atoms with van der Waals surface area (Å²) in [5, 5.41) is 4.16. The molecule has 3 nitrogen and oxygen atoms in total. The average Bonchev–Trinajstić information content (AvgIpc) is 2.63. The van der Waals surface area contributed by atoms with Gasteiger partial charge in [-0.2, -0.15) is 11.3 Å². The predicted molar refractivity (Wildman–Crippen MR) is 68.6 cm³/mol. The van der Waals surface area contributed by atoms with E-state index in [-0.39, 0.29) is 0 Å². The van der Waals surface area contributed by atoms with Crippen molar-refractivity contribution in [3.8, 4) is 11.4 Å². The van der Waals surface area contributed by atoms with E-state index in [1.807, 2.05) is 6.07 Å². The van der Waals surface area contributed by atoms with Crippen LogP contribution in [-0.2, 0) is 0 Å². The maximum atomic E-state index is 5.81. The molecule has 0 saturated carbocycles. The van der Waals surface area contributed by atoms with Gasteiger partial charge in [0, 0.05) is 22.7 Å². The number of aromatic nitrogens is 2. The van der Waals surface area contributed by atoms with Gasteiger partial charge in [-0.25, -0.2) is 9.97 Å². The van der Waals surface area contributed by atoms with Gasteiger partial charge in [0.1, 0.15) is 5.82 Å². The van der Waals surface area contributed by atoms with E-state index in [0.29, 0.717) is 11.7 Å². The standard InChI is InChI=1S/C12H15N3S/c1-7(2)10-4-11(13)15-12(14-10)9-6-16-5-8(9)3/h4-7H,1-3H3,(H2,13,14,15). The second kappa shape index (κ2) is 4.22. The highest BCUT2D eigenvalue weighted by atomic mass is 32.1. The normalized spacial score (nSPS) is 11.0. The zero-order chi connectivity index (χ0) is 11.7. The number of anilines is 1. The maximum Gasteiger partial charge on any atom is 0.162 e. The van der Waals surface area contributed by atoms with Crippen molar-refractivity contribution < 1.29 is 0 Å². The third-order valence-corrected chi connectivity index (χ3v) is 3.32. The third-order valence-electron chi connectivity index (χ3n) is 2.45. The minimum atomic E-state index is 0.364. The molecule has 0 aromatic carbocycles. The average molecular weight is 233 g/mol. The minimum absolute atomic E-state index is 0.364. The molecule has 0 bridgehead atoms. The first-order valence-electron chi connectivity index (χ1n) is 5.25. The first-order chi connectivity index (χ1) is 7.58.